The standard InChI is InChI=1S/C13H25NO/c1-2-9-14(12-6-7-12)10-8-11-4-3-5-13(11)15/h11-13,15H,2-10H2,1H3. The summed E-state index contributed by atoms with van der Waals surface area (Å²) in [6.45, 7) is 4.74. The third kappa shape index (κ3) is 3.18. The molecule has 15 heavy (non-hydrogen) atoms. The van der Waals surface area contributed by atoms with E-state index < -0.39 is 0 Å². The molecule has 2 rings (SSSR count). The topological polar surface area (TPSA) is 23.5 Å². The van der Waals surface area contributed by atoms with Gasteiger partial charge in [-0.15, -0.1) is 0 Å². The van der Waals surface area contributed by atoms with Crippen LogP contribution in [0.2, 0.25) is 0 Å². The fourth-order valence-corrected chi connectivity index (χ4v) is 2.89. The highest BCUT2D eigenvalue weighted by molar-refractivity contribution is 4.85. The van der Waals surface area contributed by atoms with Crippen LogP contribution in [0.15, 0.2) is 0 Å². The van der Waals surface area contributed by atoms with Gasteiger partial charge in [0.25, 0.3) is 0 Å². The van der Waals surface area contributed by atoms with Gasteiger partial charge < -0.3 is 10.0 Å². The van der Waals surface area contributed by atoms with Gasteiger partial charge in [0.05, 0.1) is 6.10 Å². The first-order valence-corrected chi connectivity index (χ1v) is 6.73. The van der Waals surface area contributed by atoms with Crippen LogP contribution in [-0.2, 0) is 0 Å². The highest BCUT2D eigenvalue weighted by Gasteiger charge is 2.30. The van der Waals surface area contributed by atoms with Crippen LogP contribution >= 0.6 is 0 Å². The predicted octanol–water partition coefficient (Wildman–Crippen LogP) is 2.41. The van der Waals surface area contributed by atoms with E-state index in [2.05, 4.69) is 11.8 Å². The third-order valence-corrected chi connectivity index (χ3v) is 3.98. The molecule has 88 valence electrons. The molecule has 2 atom stereocenters. The number of hydrogen-bond acceptors (Lipinski definition) is 2. The fourth-order valence-electron chi connectivity index (χ4n) is 2.89. The Labute approximate surface area is 93.7 Å². The minimum Gasteiger partial charge on any atom is -0.393 e. The SMILES string of the molecule is CCCN(CCC1CCCC1O)C1CC1. The Morgan fingerprint density at radius 3 is 2.47 bits per heavy atom. The molecule has 0 aliphatic heterocycles. The summed E-state index contributed by atoms with van der Waals surface area (Å²) in [5, 5.41) is 9.77. The molecule has 2 aliphatic rings. The van der Waals surface area contributed by atoms with E-state index in [1.54, 1.807) is 0 Å². The molecule has 0 radical (unpaired) electrons. The van der Waals surface area contributed by atoms with Gasteiger partial charge in [0.1, 0.15) is 0 Å². The molecule has 0 heterocycles. The molecular weight excluding hydrogens is 186 g/mol. The van der Waals surface area contributed by atoms with Gasteiger partial charge in [-0.3, -0.25) is 0 Å². The van der Waals surface area contributed by atoms with Crippen molar-refractivity contribution < 1.29 is 5.11 Å². The molecule has 0 aromatic rings. The van der Waals surface area contributed by atoms with Crippen LogP contribution in [0.3, 0.4) is 0 Å². The van der Waals surface area contributed by atoms with E-state index in [1.165, 1.54) is 51.6 Å². The predicted molar refractivity (Wildman–Crippen MR) is 62.9 cm³/mol. The molecule has 0 saturated heterocycles. The van der Waals surface area contributed by atoms with E-state index in [-0.39, 0.29) is 6.10 Å². The van der Waals surface area contributed by atoms with Gasteiger partial charge in [0.2, 0.25) is 0 Å². The summed E-state index contributed by atoms with van der Waals surface area (Å²) in [5.41, 5.74) is 0. The second-order valence-corrected chi connectivity index (χ2v) is 5.31. The third-order valence-electron chi connectivity index (χ3n) is 3.98. The molecule has 0 aromatic carbocycles. The number of aliphatic hydroxyl groups excluding tert-OH is 1. The highest BCUT2D eigenvalue weighted by Crippen LogP contribution is 2.31. The molecule has 2 saturated carbocycles. The molecule has 0 amide bonds. The number of hydrogen-bond donors (Lipinski definition) is 1. The molecule has 0 spiro atoms. The summed E-state index contributed by atoms with van der Waals surface area (Å²) in [7, 11) is 0. The van der Waals surface area contributed by atoms with E-state index in [4.69, 9.17) is 0 Å². The van der Waals surface area contributed by atoms with Crippen molar-refractivity contribution >= 4 is 0 Å². The second kappa shape index (κ2) is 5.31. The second-order valence-electron chi connectivity index (χ2n) is 5.31. The minimum atomic E-state index is 0.00711. The van der Waals surface area contributed by atoms with Crippen LogP contribution in [0.4, 0.5) is 0 Å². The molecule has 0 aromatic heterocycles. The average molecular weight is 211 g/mol. The van der Waals surface area contributed by atoms with Crippen molar-refractivity contribution in [3.8, 4) is 0 Å². The molecule has 2 nitrogen and oxygen atoms in total. The lowest BCUT2D eigenvalue weighted by Crippen LogP contribution is -2.30. The summed E-state index contributed by atoms with van der Waals surface area (Å²) in [5.74, 6) is 0.600. The van der Waals surface area contributed by atoms with Crippen molar-refractivity contribution in [2.45, 2.75) is 64.0 Å². The summed E-state index contributed by atoms with van der Waals surface area (Å²) >= 11 is 0. The molecular formula is C13H25NO. The van der Waals surface area contributed by atoms with Crippen molar-refractivity contribution in [3.05, 3.63) is 0 Å². The normalized spacial score (nSPS) is 31.4. The lowest BCUT2D eigenvalue weighted by molar-refractivity contribution is 0.117. The highest BCUT2D eigenvalue weighted by atomic mass is 16.3. The minimum absolute atomic E-state index is 0.00711. The average Bonchev–Trinajstić information content (AvgIpc) is 2.98. The zero-order valence-electron chi connectivity index (χ0n) is 9.99. The number of rotatable bonds is 6. The lowest BCUT2D eigenvalue weighted by atomic mass is 10.0. The first kappa shape index (κ1) is 11.4. The molecule has 2 aliphatic carbocycles. The Hall–Kier alpha value is -0.0800. The van der Waals surface area contributed by atoms with Crippen molar-refractivity contribution in [1.82, 2.24) is 4.90 Å². The Morgan fingerprint density at radius 2 is 1.93 bits per heavy atom. The Balaban J connectivity index is 1.70. The number of aliphatic hydroxyl groups is 1. The maximum Gasteiger partial charge on any atom is 0.0568 e. The van der Waals surface area contributed by atoms with Gasteiger partial charge in [0, 0.05) is 6.04 Å². The zero-order valence-corrected chi connectivity index (χ0v) is 9.99. The van der Waals surface area contributed by atoms with Crippen molar-refractivity contribution in [2.24, 2.45) is 5.92 Å². The molecule has 2 fully saturated rings. The van der Waals surface area contributed by atoms with Gasteiger partial charge in [0.15, 0.2) is 0 Å². The van der Waals surface area contributed by atoms with Gasteiger partial charge in [-0.2, -0.15) is 0 Å². The van der Waals surface area contributed by atoms with Crippen LogP contribution in [0, 0.1) is 5.92 Å². The molecule has 2 unspecified atom stereocenters. The van der Waals surface area contributed by atoms with E-state index in [9.17, 15) is 5.11 Å². The van der Waals surface area contributed by atoms with Crippen molar-refractivity contribution in [2.75, 3.05) is 13.1 Å². The van der Waals surface area contributed by atoms with Crippen LogP contribution in [0.25, 0.3) is 0 Å². The maximum absolute atomic E-state index is 9.77. The van der Waals surface area contributed by atoms with Crippen LogP contribution < -0.4 is 0 Å². The van der Waals surface area contributed by atoms with Crippen molar-refractivity contribution in [3.63, 3.8) is 0 Å². The van der Waals surface area contributed by atoms with E-state index in [0.29, 0.717) is 5.92 Å². The monoisotopic (exact) mass is 211 g/mol. The zero-order chi connectivity index (χ0) is 10.7. The summed E-state index contributed by atoms with van der Waals surface area (Å²) in [4.78, 5) is 2.64. The summed E-state index contributed by atoms with van der Waals surface area (Å²) < 4.78 is 0. The smallest absolute Gasteiger partial charge is 0.0568 e. The van der Waals surface area contributed by atoms with E-state index >= 15 is 0 Å². The van der Waals surface area contributed by atoms with Gasteiger partial charge in [-0.25, -0.2) is 0 Å². The maximum atomic E-state index is 9.77. The van der Waals surface area contributed by atoms with Gasteiger partial charge >= 0.3 is 0 Å². The summed E-state index contributed by atoms with van der Waals surface area (Å²) in [6.07, 6.45) is 8.85. The molecule has 1 N–H and O–H groups in total. The van der Waals surface area contributed by atoms with Gasteiger partial charge in [-0.1, -0.05) is 13.3 Å². The Morgan fingerprint density at radius 1 is 1.13 bits per heavy atom. The largest absolute Gasteiger partial charge is 0.393 e. The van der Waals surface area contributed by atoms with Crippen LogP contribution in [0.1, 0.15) is 51.9 Å². The Kier molecular flexibility index (Phi) is 4.04. The first-order chi connectivity index (χ1) is 7.31. The van der Waals surface area contributed by atoms with Gasteiger partial charge in [-0.05, 0) is 57.5 Å². The van der Waals surface area contributed by atoms with Crippen LogP contribution in [0.5, 0.6) is 0 Å². The van der Waals surface area contributed by atoms with Crippen LogP contribution in [-0.4, -0.2) is 35.2 Å². The Bertz CT molecular complexity index is 191. The first-order valence-electron chi connectivity index (χ1n) is 6.73. The molecule has 0 bridgehead atoms. The fraction of sp³-hybridized carbons (Fsp3) is 1.00. The lowest BCUT2D eigenvalue weighted by Gasteiger charge is -2.24. The van der Waals surface area contributed by atoms with E-state index in [0.717, 1.165) is 12.5 Å². The molecule has 2 heteroatoms. The quantitative estimate of drug-likeness (QED) is 0.729. The van der Waals surface area contributed by atoms with E-state index in [1.807, 2.05) is 0 Å². The number of nitrogens with zero attached hydrogens (tertiary/aromatic N) is 1. The van der Waals surface area contributed by atoms with Crippen molar-refractivity contribution in [1.29, 1.82) is 0 Å². The summed E-state index contributed by atoms with van der Waals surface area (Å²) in [6, 6.07) is 0.892.